The second kappa shape index (κ2) is 8.03. The molecule has 2 heterocycles. The van der Waals surface area contributed by atoms with Crippen LogP contribution in [0.4, 0.5) is 17.5 Å². The van der Waals surface area contributed by atoms with Gasteiger partial charge in [0.15, 0.2) is 5.82 Å². The molecule has 1 aliphatic heterocycles. The van der Waals surface area contributed by atoms with Crippen LogP contribution in [0.1, 0.15) is 17.5 Å². The van der Waals surface area contributed by atoms with E-state index in [1.165, 1.54) is 16.8 Å². The number of ether oxygens (including phenoxy) is 1. The summed E-state index contributed by atoms with van der Waals surface area (Å²) in [4.78, 5) is 6.83. The fraction of sp³-hybridized carbons (Fsp3) is 0.286. The zero-order chi connectivity index (χ0) is 18.5. The van der Waals surface area contributed by atoms with E-state index in [-0.39, 0.29) is 0 Å². The van der Waals surface area contributed by atoms with Crippen LogP contribution in [0.15, 0.2) is 54.7 Å². The Morgan fingerprint density at radius 2 is 1.96 bits per heavy atom. The largest absolute Gasteiger partial charge is 0.496 e. The minimum absolute atomic E-state index is 0.643. The molecule has 0 fully saturated rings. The molecule has 3 aromatic rings. The third-order valence-electron chi connectivity index (χ3n) is 4.79. The number of rotatable bonds is 6. The Kier molecular flexibility index (Phi) is 5.14. The molecule has 0 bridgehead atoms. The predicted octanol–water partition coefficient (Wildman–Crippen LogP) is 3.62. The van der Waals surface area contributed by atoms with Crippen molar-refractivity contribution in [2.75, 3.05) is 30.4 Å². The molecular weight excluding hydrogens is 338 g/mol. The Morgan fingerprint density at radius 1 is 1.11 bits per heavy atom. The first-order valence-electron chi connectivity index (χ1n) is 9.26. The van der Waals surface area contributed by atoms with E-state index in [0.717, 1.165) is 43.9 Å². The molecule has 1 aliphatic rings. The van der Waals surface area contributed by atoms with Gasteiger partial charge in [0.05, 0.1) is 13.3 Å². The molecule has 2 aromatic carbocycles. The Balaban J connectivity index is 1.46. The van der Waals surface area contributed by atoms with Crippen molar-refractivity contribution in [2.45, 2.75) is 19.3 Å². The highest BCUT2D eigenvalue weighted by Crippen LogP contribution is 2.31. The smallest absolute Gasteiger partial charge is 0.251 e. The Morgan fingerprint density at radius 3 is 2.89 bits per heavy atom. The van der Waals surface area contributed by atoms with Gasteiger partial charge in [0.2, 0.25) is 0 Å². The number of hydrogen-bond donors (Lipinski definition) is 1. The molecule has 0 amide bonds. The summed E-state index contributed by atoms with van der Waals surface area (Å²) >= 11 is 0. The number of anilines is 3. The first kappa shape index (κ1) is 17.3. The predicted molar refractivity (Wildman–Crippen MR) is 107 cm³/mol. The van der Waals surface area contributed by atoms with Crippen molar-refractivity contribution in [3.63, 3.8) is 0 Å². The van der Waals surface area contributed by atoms with Crippen LogP contribution in [0.2, 0.25) is 0 Å². The van der Waals surface area contributed by atoms with Crippen LogP contribution in [-0.4, -0.2) is 35.4 Å². The van der Waals surface area contributed by atoms with Gasteiger partial charge in [0, 0.05) is 18.8 Å². The Hall–Kier alpha value is -3.15. The molecule has 1 aromatic heterocycles. The lowest BCUT2D eigenvalue weighted by atomic mass is 10.0. The van der Waals surface area contributed by atoms with Crippen molar-refractivity contribution >= 4 is 17.5 Å². The van der Waals surface area contributed by atoms with Gasteiger partial charge in [-0.1, -0.05) is 36.4 Å². The molecule has 0 saturated carbocycles. The molecule has 0 spiro atoms. The second-order valence-electron chi connectivity index (χ2n) is 6.51. The number of aryl methyl sites for hydroxylation is 1. The Labute approximate surface area is 159 Å². The van der Waals surface area contributed by atoms with Crippen LogP contribution in [0.3, 0.4) is 0 Å². The van der Waals surface area contributed by atoms with Gasteiger partial charge in [0.1, 0.15) is 5.75 Å². The molecule has 138 valence electrons. The summed E-state index contributed by atoms with van der Waals surface area (Å²) < 4.78 is 5.41. The number of nitrogens with one attached hydrogen (secondary N) is 1. The van der Waals surface area contributed by atoms with Gasteiger partial charge < -0.3 is 15.0 Å². The second-order valence-corrected chi connectivity index (χ2v) is 6.51. The van der Waals surface area contributed by atoms with E-state index in [1.54, 1.807) is 13.3 Å². The quantitative estimate of drug-likeness (QED) is 0.723. The molecule has 0 saturated heterocycles. The van der Waals surface area contributed by atoms with Gasteiger partial charge in [-0.15, -0.1) is 5.10 Å². The number of fused-ring (bicyclic) bond motifs is 1. The van der Waals surface area contributed by atoms with Crippen molar-refractivity contribution in [3.05, 3.63) is 65.9 Å². The van der Waals surface area contributed by atoms with Gasteiger partial charge in [-0.05, 0) is 42.5 Å². The van der Waals surface area contributed by atoms with E-state index in [9.17, 15) is 0 Å². The van der Waals surface area contributed by atoms with Crippen LogP contribution < -0.4 is 15.0 Å². The third kappa shape index (κ3) is 3.84. The SMILES string of the molecule is COc1ccccc1CCNc1cnnc(N2CCCc3ccccc32)n1. The Bertz CT molecular complexity index is 914. The van der Waals surface area contributed by atoms with Gasteiger partial charge in [0.25, 0.3) is 5.95 Å². The number of methoxy groups -OCH3 is 1. The van der Waals surface area contributed by atoms with Crippen LogP contribution >= 0.6 is 0 Å². The molecule has 0 atom stereocenters. The van der Waals surface area contributed by atoms with E-state index >= 15 is 0 Å². The maximum atomic E-state index is 5.41. The van der Waals surface area contributed by atoms with Crippen molar-refractivity contribution in [3.8, 4) is 5.75 Å². The maximum absolute atomic E-state index is 5.41. The monoisotopic (exact) mass is 361 g/mol. The van der Waals surface area contributed by atoms with Crippen LogP contribution in [0, 0.1) is 0 Å². The fourth-order valence-electron chi connectivity index (χ4n) is 3.47. The number of aromatic nitrogens is 3. The summed E-state index contributed by atoms with van der Waals surface area (Å²) in [6.07, 6.45) is 4.69. The van der Waals surface area contributed by atoms with Gasteiger partial charge >= 0.3 is 0 Å². The third-order valence-corrected chi connectivity index (χ3v) is 4.79. The van der Waals surface area contributed by atoms with E-state index in [0.29, 0.717) is 5.95 Å². The molecule has 1 N–H and O–H groups in total. The van der Waals surface area contributed by atoms with Crippen molar-refractivity contribution in [2.24, 2.45) is 0 Å². The summed E-state index contributed by atoms with van der Waals surface area (Å²) in [7, 11) is 1.70. The minimum atomic E-state index is 0.643. The number of benzene rings is 2. The topological polar surface area (TPSA) is 63.2 Å². The molecule has 4 rings (SSSR count). The number of nitrogens with zero attached hydrogens (tertiary/aromatic N) is 4. The zero-order valence-corrected chi connectivity index (χ0v) is 15.4. The van der Waals surface area contributed by atoms with Crippen LogP contribution in [0.5, 0.6) is 5.75 Å². The van der Waals surface area contributed by atoms with Crippen LogP contribution in [0.25, 0.3) is 0 Å². The van der Waals surface area contributed by atoms with E-state index in [4.69, 9.17) is 4.74 Å². The maximum Gasteiger partial charge on any atom is 0.251 e. The summed E-state index contributed by atoms with van der Waals surface area (Å²) in [6.45, 7) is 1.65. The lowest BCUT2D eigenvalue weighted by molar-refractivity contribution is 0.410. The molecule has 0 radical (unpaired) electrons. The summed E-state index contributed by atoms with van der Waals surface area (Å²) in [5.41, 5.74) is 3.68. The first-order valence-corrected chi connectivity index (χ1v) is 9.26. The lowest BCUT2D eigenvalue weighted by Gasteiger charge is -2.29. The van der Waals surface area contributed by atoms with E-state index in [1.807, 2.05) is 18.2 Å². The lowest BCUT2D eigenvalue weighted by Crippen LogP contribution is -2.26. The van der Waals surface area contributed by atoms with Crippen molar-refractivity contribution in [1.82, 2.24) is 15.2 Å². The molecule has 6 nitrogen and oxygen atoms in total. The van der Waals surface area contributed by atoms with Gasteiger partial charge in [-0.25, -0.2) is 0 Å². The van der Waals surface area contributed by atoms with Crippen molar-refractivity contribution in [1.29, 1.82) is 0 Å². The summed E-state index contributed by atoms with van der Waals surface area (Å²) in [5.74, 6) is 2.29. The zero-order valence-electron chi connectivity index (χ0n) is 15.4. The normalized spacial score (nSPS) is 13.1. The van der Waals surface area contributed by atoms with Gasteiger partial charge in [-0.2, -0.15) is 10.1 Å². The molecule has 0 aliphatic carbocycles. The molecule has 27 heavy (non-hydrogen) atoms. The number of para-hydroxylation sites is 2. The highest BCUT2D eigenvalue weighted by molar-refractivity contribution is 5.63. The fourth-order valence-corrected chi connectivity index (χ4v) is 3.47. The summed E-state index contributed by atoms with van der Waals surface area (Å²) in [6, 6.07) is 16.5. The number of hydrogen-bond acceptors (Lipinski definition) is 6. The van der Waals surface area contributed by atoms with E-state index in [2.05, 4.69) is 55.7 Å². The minimum Gasteiger partial charge on any atom is -0.496 e. The highest BCUT2D eigenvalue weighted by Gasteiger charge is 2.20. The van der Waals surface area contributed by atoms with E-state index < -0.39 is 0 Å². The summed E-state index contributed by atoms with van der Waals surface area (Å²) in [5, 5.41) is 11.8. The van der Waals surface area contributed by atoms with Crippen molar-refractivity contribution < 1.29 is 4.74 Å². The highest BCUT2D eigenvalue weighted by atomic mass is 16.5. The average Bonchev–Trinajstić information content (AvgIpc) is 2.74. The molecule has 6 heteroatoms. The van der Waals surface area contributed by atoms with Crippen LogP contribution in [-0.2, 0) is 12.8 Å². The average molecular weight is 361 g/mol. The molecular formula is C21H23N5O. The first-order chi connectivity index (χ1) is 13.3. The molecule has 0 unspecified atom stereocenters. The van der Waals surface area contributed by atoms with Gasteiger partial charge in [-0.3, -0.25) is 0 Å². The standard InChI is InChI=1S/C21H23N5O/c1-27-19-11-5-3-8-17(19)12-13-22-20-15-23-25-21(24-20)26-14-6-9-16-7-2-4-10-18(16)26/h2-5,7-8,10-11,15H,6,9,12-14H2,1H3,(H,22,24,25).